The fourth-order valence-electron chi connectivity index (χ4n) is 1.53. The Bertz CT molecular complexity index is 580. The number of aromatic nitrogens is 2. The lowest BCUT2D eigenvalue weighted by molar-refractivity contribution is 0.0697. The van der Waals surface area contributed by atoms with E-state index in [0.29, 0.717) is 17.3 Å². The smallest absolute Gasteiger partial charge is 0.335 e. The van der Waals surface area contributed by atoms with Gasteiger partial charge in [0.15, 0.2) is 0 Å². The molecule has 1 aromatic heterocycles. The van der Waals surface area contributed by atoms with Gasteiger partial charge in [0.05, 0.1) is 22.8 Å². The minimum Gasteiger partial charge on any atom is -0.478 e. The molecule has 0 aliphatic rings. The first kappa shape index (κ1) is 12.4. The number of carboxylic acids is 1. The summed E-state index contributed by atoms with van der Waals surface area (Å²) in [5, 5.41) is 12.5. The Morgan fingerprint density at radius 1 is 1.56 bits per heavy atom. The number of aryl methyl sites for hydroxylation is 1. The summed E-state index contributed by atoms with van der Waals surface area (Å²) in [6, 6.07) is 4.54. The first-order valence-electron chi connectivity index (χ1n) is 5.31. The van der Waals surface area contributed by atoms with Crippen LogP contribution in [0.3, 0.4) is 0 Å². The van der Waals surface area contributed by atoms with E-state index in [-0.39, 0.29) is 5.56 Å². The highest BCUT2D eigenvalue weighted by atomic mass is 35.5. The van der Waals surface area contributed by atoms with Crippen molar-refractivity contribution in [3.8, 4) is 0 Å². The summed E-state index contributed by atoms with van der Waals surface area (Å²) in [7, 11) is 1.89. The molecule has 0 aliphatic carbocycles. The number of hydrogen-bond acceptors (Lipinski definition) is 3. The highest BCUT2D eigenvalue weighted by molar-refractivity contribution is 6.33. The van der Waals surface area contributed by atoms with Crippen molar-refractivity contribution >= 4 is 23.3 Å². The van der Waals surface area contributed by atoms with Gasteiger partial charge in [-0.2, -0.15) is 0 Å². The second-order valence-corrected chi connectivity index (χ2v) is 4.21. The Balaban J connectivity index is 2.16. The number of nitrogens with zero attached hydrogens (tertiary/aromatic N) is 2. The first-order chi connectivity index (χ1) is 8.58. The fraction of sp³-hybridized carbons (Fsp3) is 0.167. The molecule has 0 bridgehead atoms. The summed E-state index contributed by atoms with van der Waals surface area (Å²) in [6.45, 7) is 0.478. The number of rotatable bonds is 4. The Labute approximate surface area is 109 Å². The molecule has 6 heteroatoms. The molecular formula is C12H12ClN3O2. The van der Waals surface area contributed by atoms with Gasteiger partial charge in [0.2, 0.25) is 0 Å². The van der Waals surface area contributed by atoms with Crippen molar-refractivity contribution in [3.63, 3.8) is 0 Å². The number of aromatic carboxylic acids is 1. The topological polar surface area (TPSA) is 67.2 Å². The van der Waals surface area contributed by atoms with E-state index in [9.17, 15) is 4.79 Å². The van der Waals surface area contributed by atoms with E-state index in [4.69, 9.17) is 16.7 Å². The largest absolute Gasteiger partial charge is 0.478 e. The van der Waals surface area contributed by atoms with E-state index in [1.165, 1.54) is 12.1 Å². The highest BCUT2D eigenvalue weighted by Crippen LogP contribution is 2.23. The number of carbonyl (C=O) groups is 1. The molecule has 0 radical (unpaired) electrons. The van der Waals surface area contributed by atoms with Crippen molar-refractivity contribution in [1.29, 1.82) is 0 Å². The van der Waals surface area contributed by atoms with Crippen LogP contribution in [0, 0.1) is 0 Å². The average molecular weight is 266 g/mol. The van der Waals surface area contributed by atoms with Crippen LogP contribution in [-0.4, -0.2) is 20.6 Å². The quantitative estimate of drug-likeness (QED) is 0.891. The van der Waals surface area contributed by atoms with Gasteiger partial charge in [-0.1, -0.05) is 11.6 Å². The van der Waals surface area contributed by atoms with Crippen molar-refractivity contribution in [2.75, 3.05) is 5.32 Å². The number of halogens is 1. The van der Waals surface area contributed by atoms with Crippen LogP contribution in [0.15, 0.2) is 30.6 Å². The number of hydrogen-bond donors (Lipinski definition) is 2. The average Bonchev–Trinajstić information content (AvgIpc) is 2.73. The number of carboxylic acid groups (broad SMARTS) is 1. The molecule has 0 fully saturated rings. The van der Waals surface area contributed by atoms with Crippen LogP contribution in [0.5, 0.6) is 0 Å². The van der Waals surface area contributed by atoms with Crippen LogP contribution in [0.4, 0.5) is 5.69 Å². The van der Waals surface area contributed by atoms with Crippen LogP contribution in [0.2, 0.25) is 5.02 Å². The molecule has 94 valence electrons. The molecule has 0 aliphatic heterocycles. The van der Waals surface area contributed by atoms with Crippen molar-refractivity contribution in [1.82, 2.24) is 9.55 Å². The van der Waals surface area contributed by atoms with Gasteiger partial charge in [-0.05, 0) is 18.2 Å². The lowest BCUT2D eigenvalue weighted by Crippen LogP contribution is -2.07. The molecule has 5 nitrogen and oxygen atoms in total. The maximum atomic E-state index is 10.9. The maximum absolute atomic E-state index is 10.9. The summed E-state index contributed by atoms with van der Waals surface area (Å²) in [5.74, 6) is -0.140. The van der Waals surface area contributed by atoms with E-state index in [2.05, 4.69) is 10.3 Å². The summed E-state index contributed by atoms with van der Waals surface area (Å²) in [4.78, 5) is 15.0. The van der Waals surface area contributed by atoms with E-state index in [1.807, 2.05) is 17.8 Å². The van der Waals surface area contributed by atoms with Gasteiger partial charge in [0.25, 0.3) is 0 Å². The molecule has 2 aromatic rings. The lowest BCUT2D eigenvalue weighted by atomic mass is 10.2. The predicted molar refractivity (Wildman–Crippen MR) is 68.9 cm³/mol. The third-order valence-electron chi connectivity index (χ3n) is 2.57. The van der Waals surface area contributed by atoms with Gasteiger partial charge < -0.3 is 15.0 Å². The minimum atomic E-state index is -0.980. The molecule has 2 rings (SSSR count). The van der Waals surface area contributed by atoms with Gasteiger partial charge >= 0.3 is 5.97 Å². The zero-order valence-corrected chi connectivity index (χ0v) is 10.5. The molecule has 0 saturated heterocycles. The predicted octanol–water partition coefficient (Wildman–Crippen LogP) is 2.38. The third-order valence-corrected chi connectivity index (χ3v) is 2.90. The summed E-state index contributed by atoms with van der Waals surface area (Å²) in [6.07, 6.45) is 3.54. The molecule has 1 aromatic carbocycles. The van der Waals surface area contributed by atoms with Gasteiger partial charge in [0.1, 0.15) is 5.82 Å². The van der Waals surface area contributed by atoms with Crippen LogP contribution < -0.4 is 5.32 Å². The molecule has 0 amide bonds. The summed E-state index contributed by atoms with van der Waals surface area (Å²) < 4.78 is 1.88. The summed E-state index contributed by atoms with van der Waals surface area (Å²) >= 11 is 6.00. The molecule has 1 heterocycles. The minimum absolute atomic E-state index is 0.196. The normalized spacial score (nSPS) is 10.3. The molecule has 0 spiro atoms. The molecule has 0 unspecified atom stereocenters. The Morgan fingerprint density at radius 3 is 2.94 bits per heavy atom. The molecule has 2 N–H and O–H groups in total. The van der Waals surface area contributed by atoms with E-state index in [0.717, 1.165) is 5.82 Å². The van der Waals surface area contributed by atoms with E-state index < -0.39 is 5.97 Å². The van der Waals surface area contributed by atoms with Crippen LogP contribution >= 0.6 is 11.6 Å². The fourth-order valence-corrected chi connectivity index (χ4v) is 1.72. The number of nitrogens with one attached hydrogen (secondary N) is 1. The second kappa shape index (κ2) is 5.10. The summed E-state index contributed by atoms with van der Waals surface area (Å²) in [5.41, 5.74) is 0.779. The zero-order chi connectivity index (χ0) is 13.1. The van der Waals surface area contributed by atoms with Gasteiger partial charge in [-0.3, -0.25) is 0 Å². The zero-order valence-electron chi connectivity index (χ0n) is 9.72. The monoisotopic (exact) mass is 265 g/mol. The first-order valence-corrected chi connectivity index (χ1v) is 5.68. The molecule has 18 heavy (non-hydrogen) atoms. The van der Waals surface area contributed by atoms with E-state index >= 15 is 0 Å². The molecular weight excluding hydrogens is 254 g/mol. The Morgan fingerprint density at radius 2 is 2.33 bits per heavy atom. The lowest BCUT2D eigenvalue weighted by Gasteiger charge is -2.09. The standard InChI is InChI=1S/C12H12ClN3O2/c1-16-5-4-14-11(16)7-15-10-6-8(12(17)18)2-3-9(10)13/h2-6,15H,7H2,1H3,(H,17,18). The van der Waals surface area contributed by atoms with Crippen LogP contribution in [0.25, 0.3) is 0 Å². The van der Waals surface area contributed by atoms with Crippen molar-refractivity contribution in [3.05, 3.63) is 47.0 Å². The molecule has 0 saturated carbocycles. The SMILES string of the molecule is Cn1ccnc1CNc1cc(C(=O)O)ccc1Cl. The van der Waals surface area contributed by atoms with Crippen LogP contribution in [0.1, 0.15) is 16.2 Å². The van der Waals surface area contributed by atoms with Crippen molar-refractivity contribution in [2.24, 2.45) is 7.05 Å². The number of anilines is 1. The van der Waals surface area contributed by atoms with Gasteiger partial charge in [-0.25, -0.2) is 9.78 Å². The van der Waals surface area contributed by atoms with Gasteiger partial charge in [-0.15, -0.1) is 0 Å². The number of benzene rings is 1. The highest BCUT2D eigenvalue weighted by Gasteiger charge is 2.07. The molecule has 0 atom stereocenters. The van der Waals surface area contributed by atoms with Crippen molar-refractivity contribution in [2.45, 2.75) is 6.54 Å². The number of imidazole rings is 1. The Kier molecular flexibility index (Phi) is 3.53. The second-order valence-electron chi connectivity index (χ2n) is 3.81. The van der Waals surface area contributed by atoms with Crippen LogP contribution in [-0.2, 0) is 13.6 Å². The Hall–Kier alpha value is -2.01. The maximum Gasteiger partial charge on any atom is 0.335 e. The third kappa shape index (κ3) is 2.62. The van der Waals surface area contributed by atoms with E-state index in [1.54, 1.807) is 12.3 Å². The van der Waals surface area contributed by atoms with Crippen molar-refractivity contribution < 1.29 is 9.90 Å². The van der Waals surface area contributed by atoms with Gasteiger partial charge in [0, 0.05) is 19.4 Å².